The van der Waals surface area contributed by atoms with Gasteiger partial charge in [-0.2, -0.15) is 0 Å². The van der Waals surface area contributed by atoms with Crippen LogP contribution in [-0.2, 0) is 11.3 Å². The summed E-state index contributed by atoms with van der Waals surface area (Å²) in [5.74, 6) is 1.36. The first-order chi connectivity index (χ1) is 11.7. The molecule has 0 spiro atoms. The fourth-order valence-electron chi connectivity index (χ4n) is 4.64. The van der Waals surface area contributed by atoms with Crippen molar-refractivity contribution in [3.63, 3.8) is 0 Å². The topological polar surface area (TPSA) is 68.0 Å². The van der Waals surface area contributed by atoms with Crippen molar-refractivity contribution in [2.45, 2.75) is 44.7 Å². The monoisotopic (exact) mass is 395 g/mol. The summed E-state index contributed by atoms with van der Waals surface area (Å²) < 4.78 is 0. The molecule has 2 aliphatic carbocycles. The molecular formula is C20H27Cl2N3O. The lowest BCUT2D eigenvalue weighted by Gasteiger charge is -2.43. The molecular weight excluding hydrogens is 369 g/mol. The number of halogens is 2. The Morgan fingerprint density at radius 1 is 1.12 bits per heavy atom. The highest BCUT2D eigenvalue weighted by atomic mass is 35.5. The number of pyridine rings is 1. The maximum atomic E-state index is 12.7. The average Bonchev–Trinajstić information content (AvgIpc) is 2.59. The summed E-state index contributed by atoms with van der Waals surface area (Å²) >= 11 is 0. The Hall–Kier alpha value is -1.36. The second-order valence-electron chi connectivity index (χ2n) is 7.39. The molecule has 0 aliphatic heterocycles. The molecule has 2 fully saturated rings. The molecule has 6 heteroatoms. The second kappa shape index (κ2) is 9.03. The van der Waals surface area contributed by atoms with Gasteiger partial charge in [0.05, 0.1) is 12.2 Å². The molecule has 1 aromatic heterocycles. The van der Waals surface area contributed by atoms with Crippen molar-refractivity contribution < 1.29 is 4.79 Å². The van der Waals surface area contributed by atoms with Gasteiger partial charge in [0.15, 0.2) is 0 Å². The van der Waals surface area contributed by atoms with Crippen LogP contribution in [0, 0.1) is 17.8 Å². The maximum Gasteiger partial charge on any atom is 0.223 e. The van der Waals surface area contributed by atoms with Gasteiger partial charge in [-0.05, 0) is 49.0 Å². The molecule has 2 aromatic rings. The molecule has 2 saturated carbocycles. The van der Waals surface area contributed by atoms with Gasteiger partial charge in [0.1, 0.15) is 0 Å². The molecule has 3 N–H and O–H groups in total. The van der Waals surface area contributed by atoms with Crippen LogP contribution >= 0.6 is 24.8 Å². The van der Waals surface area contributed by atoms with Gasteiger partial charge in [-0.3, -0.25) is 9.78 Å². The van der Waals surface area contributed by atoms with Gasteiger partial charge in [-0.25, -0.2) is 0 Å². The van der Waals surface area contributed by atoms with Crippen molar-refractivity contribution in [1.82, 2.24) is 10.3 Å². The number of nitrogens with one attached hydrogen (secondary N) is 1. The summed E-state index contributed by atoms with van der Waals surface area (Å²) in [5.41, 5.74) is 7.27. The fourth-order valence-corrected chi connectivity index (χ4v) is 4.64. The number of fused-ring (bicyclic) bond motifs is 3. The number of carbonyl (C=O) groups excluding carboxylic acids is 1. The van der Waals surface area contributed by atoms with Crippen LogP contribution in [0.15, 0.2) is 36.5 Å². The first kappa shape index (κ1) is 20.9. The van der Waals surface area contributed by atoms with E-state index >= 15 is 0 Å². The van der Waals surface area contributed by atoms with E-state index < -0.39 is 0 Å². The lowest BCUT2D eigenvalue weighted by molar-refractivity contribution is -0.128. The highest BCUT2D eigenvalue weighted by molar-refractivity contribution is 5.86. The minimum absolute atomic E-state index is 0. The number of benzene rings is 1. The zero-order chi connectivity index (χ0) is 16.5. The van der Waals surface area contributed by atoms with Crippen molar-refractivity contribution >= 4 is 41.5 Å². The summed E-state index contributed by atoms with van der Waals surface area (Å²) in [6.45, 7) is 0.498. The number of rotatable bonds is 3. The first-order valence-electron chi connectivity index (χ1n) is 9.08. The Balaban J connectivity index is 0.00000121. The normalized spacial score (nSPS) is 27.1. The fraction of sp³-hybridized carbons (Fsp3) is 0.500. The van der Waals surface area contributed by atoms with Gasteiger partial charge < -0.3 is 11.1 Å². The van der Waals surface area contributed by atoms with E-state index in [-0.39, 0.29) is 36.6 Å². The summed E-state index contributed by atoms with van der Waals surface area (Å²) in [7, 11) is 0. The predicted molar refractivity (Wildman–Crippen MR) is 110 cm³/mol. The molecule has 2 atom stereocenters. The number of nitrogens with two attached hydrogens (primary N) is 1. The Morgan fingerprint density at radius 3 is 2.54 bits per heavy atom. The van der Waals surface area contributed by atoms with Crippen molar-refractivity contribution in [3.05, 3.63) is 42.2 Å². The molecule has 4 rings (SSSR count). The van der Waals surface area contributed by atoms with Crippen molar-refractivity contribution in [3.8, 4) is 0 Å². The van der Waals surface area contributed by atoms with Gasteiger partial charge in [0, 0.05) is 23.5 Å². The summed E-state index contributed by atoms with van der Waals surface area (Å²) in [4.78, 5) is 17.1. The van der Waals surface area contributed by atoms with Crippen molar-refractivity contribution in [1.29, 1.82) is 0 Å². The summed E-state index contributed by atoms with van der Waals surface area (Å²) in [5, 5.41) is 5.40. The van der Waals surface area contributed by atoms with Crippen LogP contribution in [0.3, 0.4) is 0 Å². The third-order valence-electron chi connectivity index (χ3n) is 5.97. The third-order valence-corrected chi connectivity index (χ3v) is 5.97. The molecule has 2 bridgehead atoms. The molecule has 0 saturated heterocycles. The largest absolute Gasteiger partial charge is 0.350 e. The average molecular weight is 396 g/mol. The van der Waals surface area contributed by atoms with Crippen LogP contribution in [0.25, 0.3) is 10.8 Å². The molecule has 0 radical (unpaired) electrons. The van der Waals surface area contributed by atoms with Crippen molar-refractivity contribution in [2.24, 2.45) is 23.5 Å². The Bertz CT molecular complexity index is 735. The lowest BCUT2D eigenvalue weighted by atomic mass is 9.65. The van der Waals surface area contributed by atoms with Crippen LogP contribution in [0.4, 0.5) is 0 Å². The maximum absolute atomic E-state index is 12.7. The number of aromatic nitrogens is 1. The van der Waals surface area contributed by atoms with Gasteiger partial charge in [0.2, 0.25) is 5.91 Å². The minimum Gasteiger partial charge on any atom is -0.350 e. The molecule has 1 amide bonds. The van der Waals surface area contributed by atoms with Gasteiger partial charge >= 0.3 is 0 Å². The number of hydrogen-bond acceptors (Lipinski definition) is 3. The molecule has 26 heavy (non-hydrogen) atoms. The SMILES string of the molecule is Cl.Cl.NC1C2CCCC1CC(C(=O)NCc1nccc3ccccc13)C2. The summed E-state index contributed by atoms with van der Waals surface area (Å²) in [6.07, 6.45) is 7.36. The molecule has 2 unspecified atom stereocenters. The van der Waals surface area contributed by atoms with E-state index in [4.69, 9.17) is 5.73 Å². The Morgan fingerprint density at radius 2 is 1.81 bits per heavy atom. The van der Waals surface area contributed by atoms with E-state index in [1.165, 1.54) is 19.3 Å². The zero-order valence-corrected chi connectivity index (χ0v) is 16.4. The predicted octanol–water partition coefficient (Wildman–Crippen LogP) is 3.85. The van der Waals surface area contributed by atoms with Crippen LogP contribution in [-0.4, -0.2) is 16.9 Å². The zero-order valence-electron chi connectivity index (χ0n) is 14.8. The molecule has 2 aliphatic rings. The number of amides is 1. The van der Waals surface area contributed by atoms with E-state index in [0.717, 1.165) is 29.3 Å². The minimum atomic E-state index is 0. The Labute approximate surface area is 167 Å². The standard InChI is InChI=1S/C20H25N3O.2ClH/c21-19-14-5-3-6-15(19)11-16(10-14)20(24)23-12-18-17-7-2-1-4-13(17)8-9-22-18;;/h1-2,4,7-9,14-16,19H,3,5-6,10-12,21H2,(H,23,24);2*1H. The number of nitrogens with zero attached hydrogens (tertiary/aromatic N) is 1. The summed E-state index contributed by atoms with van der Waals surface area (Å²) in [6, 6.07) is 10.5. The lowest BCUT2D eigenvalue weighted by Crippen LogP contribution is -2.49. The van der Waals surface area contributed by atoms with E-state index in [0.29, 0.717) is 24.4 Å². The smallest absolute Gasteiger partial charge is 0.223 e. The van der Waals surface area contributed by atoms with Crippen LogP contribution in [0.1, 0.15) is 37.8 Å². The van der Waals surface area contributed by atoms with E-state index in [9.17, 15) is 4.79 Å². The Kier molecular flexibility index (Phi) is 7.27. The van der Waals surface area contributed by atoms with Gasteiger partial charge in [-0.15, -0.1) is 24.8 Å². The van der Waals surface area contributed by atoms with Crippen LogP contribution in [0.5, 0.6) is 0 Å². The van der Waals surface area contributed by atoms with Gasteiger partial charge in [0.25, 0.3) is 0 Å². The van der Waals surface area contributed by atoms with E-state index in [2.05, 4.69) is 22.4 Å². The molecule has 4 nitrogen and oxygen atoms in total. The highest BCUT2D eigenvalue weighted by Crippen LogP contribution is 2.41. The third kappa shape index (κ3) is 4.13. The van der Waals surface area contributed by atoms with Crippen LogP contribution in [0.2, 0.25) is 0 Å². The molecule has 1 aromatic carbocycles. The first-order valence-corrected chi connectivity index (χ1v) is 9.08. The van der Waals surface area contributed by atoms with Gasteiger partial charge in [-0.1, -0.05) is 30.7 Å². The number of carbonyl (C=O) groups is 1. The van der Waals surface area contributed by atoms with Crippen LogP contribution < -0.4 is 11.1 Å². The van der Waals surface area contributed by atoms with E-state index in [1.807, 2.05) is 24.4 Å². The van der Waals surface area contributed by atoms with E-state index in [1.54, 1.807) is 0 Å². The van der Waals surface area contributed by atoms with Crippen molar-refractivity contribution in [2.75, 3.05) is 0 Å². The molecule has 1 heterocycles. The number of hydrogen-bond donors (Lipinski definition) is 2. The quantitative estimate of drug-likeness (QED) is 0.828. The highest BCUT2D eigenvalue weighted by Gasteiger charge is 2.40. The second-order valence-corrected chi connectivity index (χ2v) is 7.39. The molecule has 142 valence electrons.